The van der Waals surface area contributed by atoms with Crippen LogP contribution in [-0.2, 0) is 19.0 Å². The Bertz CT molecular complexity index is 327. The number of esters is 1. The van der Waals surface area contributed by atoms with E-state index in [1.54, 1.807) is 14.2 Å². The van der Waals surface area contributed by atoms with Gasteiger partial charge in [0.2, 0.25) is 0 Å². The Morgan fingerprint density at radius 3 is 2.62 bits per heavy atom. The van der Waals surface area contributed by atoms with Crippen LogP contribution >= 0.6 is 0 Å². The number of nitrogens with one attached hydrogen (secondary N) is 1. The van der Waals surface area contributed by atoms with Crippen LogP contribution in [0.2, 0.25) is 0 Å². The van der Waals surface area contributed by atoms with Gasteiger partial charge in [-0.3, -0.25) is 9.69 Å². The van der Waals surface area contributed by atoms with Gasteiger partial charge in [-0.15, -0.1) is 0 Å². The van der Waals surface area contributed by atoms with Crippen LogP contribution in [0.1, 0.15) is 26.2 Å². The molecular weight excluding hydrogens is 272 g/mol. The average Bonchev–Trinajstić information content (AvgIpc) is 2.92. The maximum absolute atomic E-state index is 12.1. The normalized spacial score (nSPS) is 27.0. The molecule has 0 saturated heterocycles. The third kappa shape index (κ3) is 4.39. The Labute approximate surface area is 128 Å². The van der Waals surface area contributed by atoms with Gasteiger partial charge in [0, 0.05) is 32.8 Å². The van der Waals surface area contributed by atoms with E-state index in [1.807, 2.05) is 7.05 Å². The molecule has 1 rings (SSSR count). The molecule has 0 aliphatic heterocycles. The predicted octanol–water partition coefficient (Wildman–Crippen LogP) is 0.653. The number of likely N-dealkylation sites (N-methyl/N-ethyl adjacent to an activating group) is 1. The molecule has 6 nitrogen and oxygen atoms in total. The molecular formula is C15H30N2O4. The third-order valence-corrected chi connectivity index (χ3v) is 4.54. The van der Waals surface area contributed by atoms with Crippen molar-refractivity contribution in [3.63, 3.8) is 0 Å². The minimum absolute atomic E-state index is 0.168. The molecule has 6 heteroatoms. The van der Waals surface area contributed by atoms with Gasteiger partial charge < -0.3 is 19.5 Å². The first-order valence-corrected chi connectivity index (χ1v) is 7.55. The van der Waals surface area contributed by atoms with Crippen LogP contribution in [0.15, 0.2) is 0 Å². The molecule has 0 aromatic carbocycles. The highest BCUT2D eigenvalue weighted by Crippen LogP contribution is 2.34. The summed E-state index contributed by atoms with van der Waals surface area (Å²) in [7, 11) is 6.70. The van der Waals surface area contributed by atoms with Gasteiger partial charge in [-0.05, 0) is 33.2 Å². The second kappa shape index (κ2) is 8.68. The first kappa shape index (κ1) is 18.4. The van der Waals surface area contributed by atoms with E-state index in [4.69, 9.17) is 14.2 Å². The summed E-state index contributed by atoms with van der Waals surface area (Å²) in [6.45, 7) is 4.34. The number of hydrogen-bond donors (Lipinski definition) is 1. The quantitative estimate of drug-likeness (QED) is 0.631. The monoisotopic (exact) mass is 302 g/mol. The number of carbonyl (C=O) groups is 1. The van der Waals surface area contributed by atoms with E-state index in [0.717, 1.165) is 25.8 Å². The Kier molecular flexibility index (Phi) is 7.59. The Morgan fingerprint density at radius 1 is 1.38 bits per heavy atom. The van der Waals surface area contributed by atoms with Gasteiger partial charge in [0.1, 0.15) is 5.54 Å². The summed E-state index contributed by atoms with van der Waals surface area (Å²) in [4.78, 5) is 14.5. The zero-order valence-electron chi connectivity index (χ0n) is 14.0. The molecule has 1 aliphatic carbocycles. The van der Waals surface area contributed by atoms with Crippen molar-refractivity contribution in [1.82, 2.24) is 10.2 Å². The van der Waals surface area contributed by atoms with Crippen LogP contribution in [-0.4, -0.2) is 76.6 Å². The molecule has 3 atom stereocenters. The SMILES string of the molecule is CNC1(C(=O)OC)CCC(N(CCOC)C(C)COC)C1. The molecule has 0 bridgehead atoms. The summed E-state index contributed by atoms with van der Waals surface area (Å²) in [5.41, 5.74) is -0.558. The van der Waals surface area contributed by atoms with Gasteiger partial charge in [-0.1, -0.05) is 0 Å². The Hall–Kier alpha value is -0.690. The van der Waals surface area contributed by atoms with Crippen molar-refractivity contribution in [3.8, 4) is 0 Å². The highest BCUT2D eigenvalue weighted by molar-refractivity contribution is 5.81. The second-order valence-corrected chi connectivity index (χ2v) is 5.76. The fourth-order valence-electron chi connectivity index (χ4n) is 3.31. The van der Waals surface area contributed by atoms with Crippen LogP contribution in [0, 0.1) is 0 Å². The van der Waals surface area contributed by atoms with Gasteiger partial charge in [0.25, 0.3) is 0 Å². The molecule has 1 N–H and O–H groups in total. The highest BCUT2D eigenvalue weighted by atomic mass is 16.5. The van der Waals surface area contributed by atoms with Gasteiger partial charge in [0.15, 0.2) is 0 Å². The zero-order valence-corrected chi connectivity index (χ0v) is 14.0. The van der Waals surface area contributed by atoms with Crippen molar-refractivity contribution in [2.75, 3.05) is 48.1 Å². The maximum Gasteiger partial charge on any atom is 0.326 e. The van der Waals surface area contributed by atoms with Gasteiger partial charge >= 0.3 is 5.97 Å². The molecule has 21 heavy (non-hydrogen) atoms. The van der Waals surface area contributed by atoms with Crippen LogP contribution in [0.4, 0.5) is 0 Å². The summed E-state index contributed by atoms with van der Waals surface area (Å²) in [6, 6.07) is 0.623. The van der Waals surface area contributed by atoms with Crippen molar-refractivity contribution >= 4 is 5.97 Å². The number of methoxy groups -OCH3 is 3. The molecule has 0 aromatic rings. The predicted molar refractivity (Wildman–Crippen MR) is 81.4 cm³/mol. The second-order valence-electron chi connectivity index (χ2n) is 5.76. The van der Waals surface area contributed by atoms with E-state index in [1.165, 1.54) is 7.11 Å². The maximum atomic E-state index is 12.1. The van der Waals surface area contributed by atoms with Gasteiger partial charge in [-0.2, -0.15) is 0 Å². The summed E-state index contributed by atoms with van der Waals surface area (Å²) in [5.74, 6) is -0.168. The number of rotatable bonds is 9. The molecule has 1 aliphatic rings. The van der Waals surface area contributed by atoms with E-state index < -0.39 is 5.54 Å². The van der Waals surface area contributed by atoms with E-state index >= 15 is 0 Å². The first-order chi connectivity index (χ1) is 10.0. The van der Waals surface area contributed by atoms with E-state index in [0.29, 0.717) is 25.3 Å². The lowest BCUT2D eigenvalue weighted by Crippen LogP contribution is -2.51. The first-order valence-electron chi connectivity index (χ1n) is 7.55. The molecule has 124 valence electrons. The van der Waals surface area contributed by atoms with Crippen LogP contribution in [0.25, 0.3) is 0 Å². The van der Waals surface area contributed by atoms with Crippen LogP contribution in [0.5, 0.6) is 0 Å². The average molecular weight is 302 g/mol. The molecule has 0 aromatic heterocycles. The summed E-state index contributed by atoms with van der Waals surface area (Å²) in [5, 5.41) is 3.18. The zero-order chi connectivity index (χ0) is 15.9. The number of carbonyl (C=O) groups excluding carboxylic acids is 1. The molecule has 0 spiro atoms. The number of ether oxygens (including phenoxy) is 3. The van der Waals surface area contributed by atoms with Crippen molar-refractivity contribution < 1.29 is 19.0 Å². The lowest BCUT2D eigenvalue weighted by Gasteiger charge is -2.35. The van der Waals surface area contributed by atoms with Gasteiger partial charge in [-0.25, -0.2) is 0 Å². The summed E-state index contributed by atoms with van der Waals surface area (Å²) in [6.07, 6.45) is 2.52. The van der Waals surface area contributed by atoms with E-state index in [-0.39, 0.29) is 5.97 Å². The minimum atomic E-state index is -0.558. The lowest BCUT2D eigenvalue weighted by molar-refractivity contribution is -0.148. The Balaban J connectivity index is 2.78. The van der Waals surface area contributed by atoms with Crippen LogP contribution < -0.4 is 5.32 Å². The summed E-state index contributed by atoms with van der Waals surface area (Å²) < 4.78 is 15.5. The largest absolute Gasteiger partial charge is 0.468 e. The smallest absolute Gasteiger partial charge is 0.326 e. The van der Waals surface area contributed by atoms with Crippen molar-refractivity contribution in [3.05, 3.63) is 0 Å². The van der Waals surface area contributed by atoms with E-state index in [2.05, 4.69) is 17.1 Å². The lowest BCUT2D eigenvalue weighted by atomic mass is 9.97. The molecule has 1 fully saturated rings. The standard InChI is InChI=1S/C15H30N2O4/c1-12(11-20-4)17(8-9-19-3)13-6-7-15(10-13,16-2)14(18)21-5/h12-13,16H,6-11H2,1-5H3. The molecule has 3 unspecified atom stereocenters. The molecule has 0 amide bonds. The highest BCUT2D eigenvalue weighted by Gasteiger charge is 2.47. The minimum Gasteiger partial charge on any atom is -0.468 e. The van der Waals surface area contributed by atoms with Crippen molar-refractivity contribution in [1.29, 1.82) is 0 Å². The van der Waals surface area contributed by atoms with Crippen LogP contribution in [0.3, 0.4) is 0 Å². The third-order valence-electron chi connectivity index (χ3n) is 4.54. The molecule has 0 radical (unpaired) electrons. The Morgan fingerprint density at radius 2 is 2.10 bits per heavy atom. The number of hydrogen-bond acceptors (Lipinski definition) is 6. The van der Waals surface area contributed by atoms with E-state index in [9.17, 15) is 4.79 Å². The molecule has 1 saturated carbocycles. The summed E-state index contributed by atoms with van der Waals surface area (Å²) >= 11 is 0. The van der Waals surface area contributed by atoms with Crippen molar-refractivity contribution in [2.24, 2.45) is 0 Å². The van der Waals surface area contributed by atoms with Crippen molar-refractivity contribution in [2.45, 2.75) is 43.8 Å². The topological polar surface area (TPSA) is 60.0 Å². The molecule has 0 heterocycles. The number of nitrogens with zero attached hydrogens (tertiary/aromatic N) is 1. The van der Waals surface area contributed by atoms with Gasteiger partial charge in [0.05, 0.1) is 20.3 Å². The fraction of sp³-hybridized carbons (Fsp3) is 0.933. The fourth-order valence-corrected chi connectivity index (χ4v) is 3.31.